The van der Waals surface area contributed by atoms with Crippen LogP contribution in [0.3, 0.4) is 0 Å². The Hall–Kier alpha value is -2.25. The second-order valence-corrected chi connectivity index (χ2v) is 8.26. The van der Waals surface area contributed by atoms with Crippen LogP contribution in [0.4, 0.5) is 5.69 Å². The van der Waals surface area contributed by atoms with Gasteiger partial charge in [-0.05, 0) is 61.2 Å². The average Bonchev–Trinajstić information content (AvgIpc) is 3.18. The van der Waals surface area contributed by atoms with Crippen LogP contribution in [-0.4, -0.2) is 64.3 Å². The molecule has 2 aromatic rings. The zero-order valence-corrected chi connectivity index (χ0v) is 18.6. The van der Waals surface area contributed by atoms with Gasteiger partial charge in [0.1, 0.15) is 5.75 Å². The first-order valence-electron chi connectivity index (χ1n) is 10.3. The van der Waals surface area contributed by atoms with Gasteiger partial charge in [0.2, 0.25) is 0 Å². The highest BCUT2D eigenvalue weighted by molar-refractivity contribution is 7.10. The Kier molecular flexibility index (Phi) is 8.19. The summed E-state index contributed by atoms with van der Waals surface area (Å²) in [6.07, 6.45) is 1.11. The van der Waals surface area contributed by atoms with Crippen LogP contribution in [0.5, 0.6) is 5.75 Å². The third-order valence-corrected chi connectivity index (χ3v) is 6.38. The smallest absolute Gasteiger partial charge is 0.191 e. The number of thiophene rings is 1. The molecule has 158 valence electrons. The maximum atomic E-state index is 5.25. The first kappa shape index (κ1) is 21.5. The third-order valence-electron chi connectivity index (χ3n) is 5.36. The first-order valence-corrected chi connectivity index (χ1v) is 11.2. The number of nitrogens with one attached hydrogen (secondary N) is 2. The van der Waals surface area contributed by atoms with Gasteiger partial charge in [0, 0.05) is 50.3 Å². The molecule has 2 heterocycles. The molecule has 1 saturated heterocycles. The van der Waals surface area contributed by atoms with Crippen LogP contribution >= 0.6 is 11.3 Å². The molecule has 0 unspecified atom stereocenters. The maximum Gasteiger partial charge on any atom is 0.191 e. The van der Waals surface area contributed by atoms with Crippen molar-refractivity contribution in [1.29, 1.82) is 0 Å². The van der Waals surface area contributed by atoms with Crippen molar-refractivity contribution in [3.63, 3.8) is 0 Å². The van der Waals surface area contributed by atoms with E-state index in [1.165, 1.54) is 16.1 Å². The summed E-state index contributed by atoms with van der Waals surface area (Å²) in [7, 11) is 3.54. The lowest BCUT2D eigenvalue weighted by Gasteiger charge is -2.36. The predicted molar refractivity (Wildman–Crippen MR) is 124 cm³/mol. The fourth-order valence-corrected chi connectivity index (χ4v) is 4.35. The Balaban J connectivity index is 1.31. The van der Waals surface area contributed by atoms with Crippen molar-refractivity contribution in [3.8, 4) is 5.75 Å². The van der Waals surface area contributed by atoms with Gasteiger partial charge in [-0.3, -0.25) is 9.89 Å². The number of aliphatic imine (C=N–C) groups is 1. The van der Waals surface area contributed by atoms with Crippen molar-refractivity contribution < 1.29 is 4.74 Å². The molecule has 0 atom stereocenters. The molecule has 0 spiro atoms. The van der Waals surface area contributed by atoms with Crippen molar-refractivity contribution in [2.24, 2.45) is 4.99 Å². The van der Waals surface area contributed by atoms with Crippen LogP contribution < -0.4 is 20.3 Å². The molecule has 1 aliphatic rings. The van der Waals surface area contributed by atoms with Gasteiger partial charge < -0.3 is 20.3 Å². The zero-order chi connectivity index (χ0) is 20.5. The van der Waals surface area contributed by atoms with Crippen molar-refractivity contribution in [3.05, 3.63) is 46.2 Å². The third kappa shape index (κ3) is 6.37. The van der Waals surface area contributed by atoms with Crippen LogP contribution in [0.2, 0.25) is 0 Å². The standard InChI is InChI=1S/C22H33N5OS/c1-18-9-16-29-21(18)17-25-22(23-2)24-10-4-11-26-12-14-27(15-13-26)19-5-7-20(28-3)8-6-19/h5-9,16H,4,10-15,17H2,1-3H3,(H2,23,24,25). The van der Waals surface area contributed by atoms with Crippen LogP contribution in [-0.2, 0) is 6.54 Å². The number of ether oxygens (including phenoxy) is 1. The topological polar surface area (TPSA) is 52.1 Å². The average molecular weight is 416 g/mol. The van der Waals surface area contributed by atoms with Crippen molar-refractivity contribution in [2.75, 3.05) is 58.3 Å². The number of rotatable bonds is 8. The molecule has 1 aliphatic heterocycles. The van der Waals surface area contributed by atoms with E-state index in [0.717, 1.165) is 63.9 Å². The molecule has 0 aliphatic carbocycles. The Labute approximate surface area is 178 Å². The van der Waals surface area contributed by atoms with Crippen LogP contribution in [0.1, 0.15) is 16.9 Å². The number of benzene rings is 1. The fourth-order valence-electron chi connectivity index (χ4n) is 3.50. The maximum absolute atomic E-state index is 5.25. The Morgan fingerprint density at radius 2 is 1.86 bits per heavy atom. The molecule has 29 heavy (non-hydrogen) atoms. The van der Waals surface area contributed by atoms with Gasteiger partial charge in [0.05, 0.1) is 13.7 Å². The molecule has 1 aromatic heterocycles. The van der Waals surface area contributed by atoms with Gasteiger partial charge in [-0.2, -0.15) is 0 Å². The highest BCUT2D eigenvalue weighted by Crippen LogP contribution is 2.20. The molecule has 0 amide bonds. The number of anilines is 1. The van der Waals surface area contributed by atoms with E-state index in [9.17, 15) is 0 Å². The molecule has 6 nitrogen and oxygen atoms in total. The fraction of sp³-hybridized carbons (Fsp3) is 0.500. The van der Waals surface area contributed by atoms with E-state index in [0.29, 0.717) is 0 Å². The summed E-state index contributed by atoms with van der Waals surface area (Å²) in [6.45, 7) is 9.39. The molecule has 1 aromatic carbocycles. The lowest BCUT2D eigenvalue weighted by Crippen LogP contribution is -2.47. The van der Waals surface area contributed by atoms with Gasteiger partial charge in [0.15, 0.2) is 5.96 Å². The molecule has 0 radical (unpaired) electrons. The van der Waals surface area contributed by atoms with E-state index in [1.54, 1.807) is 18.4 Å². The van der Waals surface area contributed by atoms with E-state index in [2.05, 4.69) is 55.9 Å². The lowest BCUT2D eigenvalue weighted by atomic mass is 10.2. The van der Waals surface area contributed by atoms with Gasteiger partial charge in [0.25, 0.3) is 0 Å². The van der Waals surface area contributed by atoms with E-state index >= 15 is 0 Å². The quantitative estimate of drug-likeness (QED) is 0.394. The van der Waals surface area contributed by atoms with E-state index in [1.807, 2.05) is 19.2 Å². The second-order valence-electron chi connectivity index (χ2n) is 7.26. The first-order chi connectivity index (χ1) is 14.2. The molecule has 0 saturated carbocycles. The largest absolute Gasteiger partial charge is 0.497 e. The van der Waals surface area contributed by atoms with E-state index in [4.69, 9.17) is 4.74 Å². The molecule has 7 heteroatoms. The molecule has 2 N–H and O–H groups in total. The lowest BCUT2D eigenvalue weighted by molar-refractivity contribution is 0.255. The monoisotopic (exact) mass is 415 g/mol. The second kappa shape index (κ2) is 11.1. The van der Waals surface area contributed by atoms with E-state index in [-0.39, 0.29) is 0 Å². The molecular weight excluding hydrogens is 382 g/mol. The van der Waals surface area contributed by atoms with Crippen molar-refractivity contribution in [1.82, 2.24) is 15.5 Å². The Bertz CT molecular complexity index is 766. The Morgan fingerprint density at radius 3 is 2.48 bits per heavy atom. The van der Waals surface area contributed by atoms with Gasteiger partial charge in [-0.15, -0.1) is 11.3 Å². The molecule has 1 fully saturated rings. The number of hydrogen-bond acceptors (Lipinski definition) is 5. The summed E-state index contributed by atoms with van der Waals surface area (Å²) in [5, 5.41) is 8.97. The van der Waals surface area contributed by atoms with Crippen LogP contribution in [0, 0.1) is 6.92 Å². The summed E-state index contributed by atoms with van der Waals surface area (Å²) in [5.74, 6) is 1.79. The molecular formula is C22H33N5OS. The molecule has 0 bridgehead atoms. The highest BCUT2D eigenvalue weighted by Gasteiger charge is 2.16. The number of piperazine rings is 1. The van der Waals surface area contributed by atoms with Gasteiger partial charge >= 0.3 is 0 Å². The van der Waals surface area contributed by atoms with E-state index < -0.39 is 0 Å². The van der Waals surface area contributed by atoms with Gasteiger partial charge in [-0.1, -0.05) is 0 Å². The Morgan fingerprint density at radius 1 is 1.10 bits per heavy atom. The number of nitrogens with zero attached hydrogens (tertiary/aromatic N) is 3. The minimum absolute atomic E-state index is 0.830. The minimum Gasteiger partial charge on any atom is -0.497 e. The number of guanidine groups is 1. The van der Waals surface area contributed by atoms with Crippen LogP contribution in [0.25, 0.3) is 0 Å². The number of aryl methyl sites for hydroxylation is 1. The summed E-state index contributed by atoms with van der Waals surface area (Å²) in [4.78, 5) is 10.7. The summed E-state index contributed by atoms with van der Waals surface area (Å²) < 4.78 is 5.25. The van der Waals surface area contributed by atoms with Gasteiger partial charge in [-0.25, -0.2) is 0 Å². The summed E-state index contributed by atoms with van der Waals surface area (Å²) in [6, 6.07) is 10.5. The van der Waals surface area contributed by atoms with Crippen LogP contribution in [0.15, 0.2) is 40.7 Å². The predicted octanol–water partition coefficient (Wildman–Crippen LogP) is 2.94. The highest BCUT2D eigenvalue weighted by atomic mass is 32.1. The van der Waals surface area contributed by atoms with Crippen molar-refractivity contribution >= 4 is 23.0 Å². The minimum atomic E-state index is 0.830. The number of methoxy groups -OCH3 is 1. The van der Waals surface area contributed by atoms with Crippen molar-refractivity contribution in [2.45, 2.75) is 19.9 Å². The number of hydrogen-bond donors (Lipinski definition) is 2. The summed E-state index contributed by atoms with van der Waals surface area (Å²) in [5.41, 5.74) is 2.62. The molecule has 3 rings (SSSR count). The normalized spacial score (nSPS) is 15.4. The summed E-state index contributed by atoms with van der Waals surface area (Å²) >= 11 is 1.79. The SMILES string of the molecule is CN=C(NCCCN1CCN(c2ccc(OC)cc2)CC1)NCc1sccc1C. The zero-order valence-electron chi connectivity index (χ0n) is 17.8.